The Kier molecular flexibility index (Phi) is 4.63. The Morgan fingerprint density at radius 2 is 2.17 bits per heavy atom. The maximum absolute atomic E-state index is 11.9. The molecule has 18 heavy (non-hydrogen) atoms. The number of hydrogen-bond acceptors (Lipinski definition) is 5. The van der Waals surface area contributed by atoms with Gasteiger partial charge in [0.05, 0.1) is 9.95 Å². The van der Waals surface area contributed by atoms with Crippen LogP contribution in [0.5, 0.6) is 0 Å². The summed E-state index contributed by atoms with van der Waals surface area (Å²) < 4.78 is 26.1. The monoisotopic (exact) mass is 293 g/mol. The fraction of sp³-hybridized carbons (Fsp3) is 0.333. The smallest absolute Gasteiger partial charge is 0.271 e. The van der Waals surface area contributed by atoms with E-state index in [1.165, 1.54) is 0 Å². The van der Waals surface area contributed by atoms with Gasteiger partial charge in [-0.1, -0.05) is 11.6 Å². The molecule has 0 radical (unpaired) electrons. The van der Waals surface area contributed by atoms with Crippen LogP contribution < -0.4 is 10.5 Å². The SMILES string of the molecule is CC(CN)NS(=O)(=O)c1ccc([N+](=O)[O-])cc1Cl. The van der Waals surface area contributed by atoms with Crippen molar-refractivity contribution < 1.29 is 13.3 Å². The number of rotatable bonds is 5. The molecule has 1 aromatic carbocycles. The van der Waals surface area contributed by atoms with Crippen LogP contribution in [0, 0.1) is 10.1 Å². The highest BCUT2D eigenvalue weighted by molar-refractivity contribution is 7.89. The molecular weight excluding hydrogens is 282 g/mol. The van der Waals surface area contributed by atoms with E-state index < -0.39 is 21.0 Å². The second-order valence-electron chi connectivity index (χ2n) is 3.63. The van der Waals surface area contributed by atoms with Gasteiger partial charge in [0.1, 0.15) is 4.90 Å². The number of nitro groups is 1. The Morgan fingerprint density at radius 3 is 2.61 bits per heavy atom. The van der Waals surface area contributed by atoms with Crippen LogP contribution in [0.3, 0.4) is 0 Å². The second-order valence-corrected chi connectivity index (χ2v) is 5.72. The molecule has 1 aromatic rings. The minimum atomic E-state index is -3.83. The minimum Gasteiger partial charge on any atom is -0.329 e. The molecule has 0 bridgehead atoms. The first-order valence-electron chi connectivity index (χ1n) is 4.94. The summed E-state index contributed by atoms with van der Waals surface area (Å²) in [4.78, 5) is 9.64. The summed E-state index contributed by atoms with van der Waals surface area (Å²) in [5, 5.41) is 10.3. The predicted molar refractivity (Wildman–Crippen MR) is 66.9 cm³/mol. The number of benzene rings is 1. The first-order valence-corrected chi connectivity index (χ1v) is 6.80. The Hall–Kier alpha value is -1.22. The van der Waals surface area contributed by atoms with Crippen molar-refractivity contribution in [3.05, 3.63) is 33.3 Å². The summed E-state index contributed by atoms with van der Waals surface area (Å²) in [6.07, 6.45) is 0. The lowest BCUT2D eigenvalue weighted by Gasteiger charge is -2.12. The van der Waals surface area contributed by atoms with Gasteiger partial charge < -0.3 is 5.73 Å². The molecule has 0 aliphatic heterocycles. The molecule has 1 rings (SSSR count). The molecule has 100 valence electrons. The molecule has 0 spiro atoms. The zero-order chi connectivity index (χ0) is 13.9. The van der Waals surface area contributed by atoms with Crippen molar-refractivity contribution in [2.75, 3.05) is 6.54 Å². The Balaban J connectivity index is 3.14. The topological polar surface area (TPSA) is 115 Å². The molecule has 0 fully saturated rings. The molecule has 0 amide bonds. The molecule has 0 heterocycles. The van der Waals surface area contributed by atoms with E-state index in [-0.39, 0.29) is 22.2 Å². The van der Waals surface area contributed by atoms with Gasteiger partial charge in [-0.25, -0.2) is 13.1 Å². The fourth-order valence-corrected chi connectivity index (χ4v) is 2.99. The summed E-state index contributed by atoms with van der Waals surface area (Å²) in [7, 11) is -3.83. The number of hydrogen-bond donors (Lipinski definition) is 2. The third-order valence-electron chi connectivity index (χ3n) is 2.13. The van der Waals surface area contributed by atoms with E-state index in [0.717, 1.165) is 18.2 Å². The lowest BCUT2D eigenvalue weighted by molar-refractivity contribution is -0.384. The zero-order valence-corrected chi connectivity index (χ0v) is 11.0. The van der Waals surface area contributed by atoms with Gasteiger partial charge in [0.15, 0.2) is 0 Å². The predicted octanol–water partition coefficient (Wildman–Crippen LogP) is 0.874. The lowest BCUT2D eigenvalue weighted by atomic mass is 10.3. The van der Waals surface area contributed by atoms with Crippen molar-refractivity contribution in [1.82, 2.24) is 4.72 Å². The number of nitrogens with two attached hydrogens (primary N) is 1. The largest absolute Gasteiger partial charge is 0.329 e. The third-order valence-corrected chi connectivity index (χ3v) is 4.20. The number of non-ortho nitro benzene ring substituents is 1. The maximum Gasteiger partial charge on any atom is 0.271 e. The van der Waals surface area contributed by atoms with Gasteiger partial charge >= 0.3 is 0 Å². The van der Waals surface area contributed by atoms with Gasteiger partial charge in [-0.15, -0.1) is 0 Å². The minimum absolute atomic E-state index is 0.129. The van der Waals surface area contributed by atoms with Gasteiger partial charge in [-0.2, -0.15) is 0 Å². The van der Waals surface area contributed by atoms with Gasteiger partial charge in [-0.05, 0) is 13.0 Å². The number of nitrogens with one attached hydrogen (secondary N) is 1. The van der Waals surface area contributed by atoms with Crippen LogP contribution in [-0.4, -0.2) is 25.9 Å². The summed E-state index contributed by atoms with van der Waals surface area (Å²) in [6.45, 7) is 1.72. The molecule has 3 N–H and O–H groups in total. The van der Waals surface area contributed by atoms with Crippen molar-refractivity contribution in [2.24, 2.45) is 5.73 Å². The molecule has 1 unspecified atom stereocenters. The van der Waals surface area contributed by atoms with Crippen molar-refractivity contribution in [2.45, 2.75) is 17.9 Å². The van der Waals surface area contributed by atoms with Crippen LogP contribution >= 0.6 is 11.6 Å². The summed E-state index contributed by atoms with van der Waals surface area (Å²) in [5.74, 6) is 0. The average molecular weight is 294 g/mol. The van der Waals surface area contributed by atoms with Crippen molar-refractivity contribution in [3.63, 3.8) is 0 Å². The van der Waals surface area contributed by atoms with Gasteiger partial charge in [0, 0.05) is 24.7 Å². The summed E-state index contributed by atoms with van der Waals surface area (Å²) >= 11 is 5.73. The van der Waals surface area contributed by atoms with E-state index in [9.17, 15) is 18.5 Å². The van der Waals surface area contributed by atoms with E-state index in [4.69, 9.17) is 17.3 Å². The lowest BCUT2D eigenvalue weighted by Crippen LogP contribution is -2.37. The van der Waals surface area contributed by atoms with Crippen LogP contribution in [0.15, 0.2) is 23.1 Å². The van der Waals surface area contributed by atoms with E-state index in [0.29, 0.717) is 0 Å². The molecule has 9 heteroatoms. The highest BCUT2D eigenvalue weighted by atomic mass is 35.5. The van der Waals surface area contributed by atoms with Crippen molar-refractivity contribution in [3.8, 4) is 0 Å². The second kappa shape index (κ2) is 5.61. The molecule has 0 aliphatic rings. The Bertz CT molecular complexity index is 561. The molecule has 0 saturated carbocycles. The van der Waals surface area contributed by atoms with Crippen LogP contribution in [-0.2, 0) is 10.0 Å². The van der Waals surface area contributed by atoms with Crippen LogP contribution in [0.2, 0.25) is 5.02 Å². The van der Waals surface area contributed by atoms with Gasteiger partial charge in [0.2, 0.25) is 10.0 Å². The first kappa shape index (κ1) is 14.8. The van der Waals surface area contributed by atoms with E-state index in [2.05, 4.69) is 4.72 Å². The number of nitro benzene ring substituents is 1. The number of nitrogens with zero attached hydrogens (tertiary/aromatic N) is 1. The van der Waals surface area contributed by atoms with Crippen molar-refractivity contribution in [1.29, 1.82) is 0 Å². The summed E-state index contributed by atoms with van der Waals surface area (Å²) in [6, 6.07) is 2.70. The third kappa shape index (κ3) is 3.39. The van der Waals surface area contributed by atoms with E-state index in [1.54, 1.807) is 6.92 Å². The maximum atomic E-state index is 11.9. The quantitative estimate of drug-likeness (QED) is 0.617. The standard InChI is InChI=1S/C9H12ClN3O4S/c1-6(5-11)12-18(16,17)9-3-2-7(13(14)15)4-8(9)10/h2-4,6,12H,5,11H2,1H3. The van der Waals surface area contributed by atoms with Crippen LogP contribution in [0.25, 0.3) is 0 Å². The highest BCUT2D eigenvalue weighted by Gasteiger charge is 2.21. The summed E-state index contributed by atoms with van der Waals surface area (Å²) in [5.41, 5.74) is 5.04. The highest BCUT2D eigenvalue weighted by Crippen LogP contribution is 2.26. The Morgan fingerprint density at radius 1 is 1.56 bits per heavy atom. The van der Waals surface area contributed by atoms with Gasteiger partial charge in [0.25, 0.3) is 5.69 Å². The fourth-order valence-electron chi connectivity index (χ4n) is 1.20. The van der Waals surface area contributed by atoms with Gasteiger partial charge in [-0.3, -0.25) is 10.1 Å². The number of sulfonamides is 1. The molecule has 0 saturated heterocycles. The first-order chi connectivity index (χ1) is 8.27. The Labute approximate surface area is 109 Å². The molecular formula is C9H12ClN3O4S. The zero-order valence-electron chi connectivity index (χ0n) is 9.46. The molecule has 0 aromatic heterocycles. The average Bonchev–Trinajstić information content (AvgIpc) is 2.27. The van der Waals surface area contributed by atoms with Crippen molar-refractivity contribution >= 4 is 27.3 Å². The van der Waals surface area contributed by atoms with Crippen LogP contribution in [0.1, 0.15) is 6.92 Å². The normalized spacial score (nSPS) is 13.3. The molecule has 7 nitrogen and oxygen atoms in total. The molecule has 0 aliphatic carbocycles. The van der Waals surface area contributed by atoms with Crippen LogP contribution in [0.4, 0.5) is 5.69 Å². The number of halogens is 1. The molecule has 1 atom stereocenters. The van der Waals surface area contributed by atoms with E-state index >= 15 is 0 Å². The van der Waals surface area contributed by atoms with E-state index in [1.807, 2.05) is 0 Å².